The average molecular weight is 1090 g/mol. The highest BCUT2D eigenvalue weighted by molar-refractivity contribution is 5.34. The molecule has 0 bridgehead atoms. The summed E-state index contributed by atoms with van der Waals surface area (Å²) in [5.41, 5.74) is 0.255. The van der Waals surface area contributed by atoms with Crippen LogP contribution < -0.4 is 0 Å². The molecule has 22 heteroatoms. The minimum atomic E-state index is -2.05. The van der Waals surface area contributed by atoms with Gasteiger partial charge in [-0.25, -0.2) is 0 Å². The summed E-state index contributed by atoms with van der Waals surface area (Å²) in [4.78, 5) is 0. The number of aliphatic hydroxyl groups is 14. The van der Waals surface area contributed by atoms with E-state index < -0.39 is 154 Å². The second-order valence-electron chi connectivity index (χ2n) is 26.2. The van der Waals surface area contributed by atoms with Crippen molar-refractivity contribution < 1.29 is 109 Å². The fraction of sp³-hybridized carbons (Fsp3) is 0.963. The molecule has 4 heterocycles. The van der Waals surface area contributed by atoms with Gasteiger partial charge in [-0.05, 0) is 111 Å². The van der Waals surface area contributed by atoms with Crippen molar-refractivity contribution in [1.82, 2.24) is 0 Å². The van der Waals surface area contributed by atoms with Gasteiger partial charge in [0.15, 0.2) is 25.2 Å². The van der Waals surface area contributed by atoms with Crippen LogP contribution in [0.1, 0.15) is 113 Å². The van der Waals surface area contributed by atoms with Gasteiger partial charge in [-0.15, -0.1) is 0 Å². The number of hydrogen-bond acceptors (Lipinski definition) is 22. The molecule has 14 N–H and O–H groups in total. The summed E-state index contributed by atoms with van der Waals surface area (Å²) in [6, 6.07) is 0. The Morgan fingerprint density at radius 1 is 0.500 bits per heavy atom. The van der Waals surface area contributed by atoms with E-state index in [0.717, 1.165) is 51.4 Å². The van der Waals surface area contributed by atoms with Gasteiger partial charge < -0.3 is 109 Å². The van der Waals surface area contributed by atoms with Crippen LogP contribution in [-0.4, -0.2) is 233 Å². The van der Waals surface area contributed by atoms with Gasteiger partial charge in [0.2, 0.25) is 0 Å². The summed E-state index contributed by atoms with van der Waals surface area (Å²) < 4.78 is 49.1. The first kappa shape index (κ1) is 59.5. The molecule has 0 aromatic heterocycles. The lowest BCUT2D eigenvalue weighted by Gasteiger charge is -2.71. The standard InChI is InChI=1S/C54H90O22/c1-24-33(60)43(75-47-41(68)38(65)42(29(21-57)72-47)74-45-39(66)36(63)34(61)27(19-55)70-45)44(76-46-40(67)37(64)35(62)28(20-56)71-46)48(69-24)73-32-11-12-50(4)30(51(32,5)22-58)10-13-53(7)31(50)9-8-25-26-18-49(2,3)14-16-54(26,23-59)17-15-52(25,53)6/h8,24,26-48,55-68H,9-23H2,1-7H3. The zero-order valence-electron chi connectivity index (χ0n) is 45.1. The molecular formula is C54H90O22. The quantitative estimate of drug-likeness (QED) is 0.0732. The molecule has 4 saturated carbocycles. The van der Waals surface area contributed by atoms with Crippen LogP contribution in [0.5, 0.6) is 0 Å². The Kier molecular flexibility index (Phi) is 17.1. The predicted octanol–water partition coefficient (Wildman–Crippen LogP) is -1.56. The summed E-state index contributed by atoms with van der Waals surface area (Å²) in [6.45, 7) is 13.0. The molecule has 4 aliphatic heterocycles. The zero-order valence-corrected chi connectivity index (χ0v) is 45.1. The predicted molar refractivity (Wildman–Crippen MR) is 263 cm³/mol. The number of fused-ring (bicyclic) bond motifs is 7. The average Bonchev–Trinajstić information content (AvgIpc) is 3.56. The number of allylic oxidation sites excluding steroid dienone is 2. The molecule has 9 aliphatic rings. The maximum absolute atomic E-state index is 12.0. The van der Waals surface area contributed by atoms with Crippen LogP contribution in [0.2, 0.25) is 0 Å². The maximum Gasteiger partial charge on any atom is 0.187 e. The summed E-state index contributed by atoms with van der Waals surface area (Å²) in [7, 11) is 0. The number of aliphatic hydroxyl groups excluding tert-OH is 14. The van der Waals surface area contributed by atoms with Gasteiger partial charge in [-0.3, -0.25) is 0 Å². The molecule has 5 aliphatic carbocycles. The van der Waals surface area contributed by atoms with Crippen LogP contribution in [0.3, 0.4) is 0 Å². The van der Waals surface area contributed by atoms with E-state index in [4.69, 9.17) is 37.9 Å². The van der Waals surface area contributed by atoms with Crippen LogP contribution in [-0.2, 0) is 37.9 Å². The van der Waals surface area contributed by atoms with Gasteiger partial charge >= 0.3 is 0 Å². The highest BCUT2D eigenvalue weighted by Crippen LogP contribution is 2.76. The van der Waals surface area contributed by atoms with E-state index in [1.54, 1.807) is 0 Å². The van der Waals surface area contributed by atoms with Gasteiger partial charge in [0.25, 0.3) is 0 Å². The van der Waals surface area contributed by atoms with Gasteiger partial charge in [-0.1, -0.05) is 53.2 Å². The molecule has 0 aromatic rings. The van der Waals surface area contributed by atoms with Crippen LogP contribution in [0.4, 0.5) is 0 Å². The van der Waals surface area contributed by atoms with Gasteiger partial charge in [0.1, 0.15) is 91.6 Å². The van der Waals surface area contributed by atoms with Crippen molar-refractivity contribution in [1.29, 1.82) is 0 Å². The Labute approximate surface area is 444 Å². The first-order valence-corrected chi connectivity index (χ1v) is 27.8. The second-order valence-corrected chi connectivity index (χ2v) is 26.2. The molecule has 9 rings (SSSR count). The molecule has 0 radical (unpaired) electrons. The second kappa shape index (κ2) is 21.9. The van der Waals surface area contributed by atoms with Crippen LogP contribution in [0, 0.1) is 50.2 Å². The molecular weight excluding hydrogens is 1000 g/mol. The number of rotatable bonds is 13. The van der Waals surface area contributed by atoms with Crippen molar-refractivity contribution in [2.75, 3.05) is 33.0 Å². The third kappa shape index (κ3) is 9.61. The van der Waals surface area contributed by atoms with E-state index in [1.807, 2.05) is 6.92 Å². The van der Waals surface area contributed by atoms with Crippen molar-refractivity contribution in [3.05, 3.63) is 11.6 Å². The van der Waals surface area contributed by atoms with E-state index in [-0.39, 0.29) is 52.1 Å². The molecule has 29 atom stereocenters. The highest BCUT2D eigenvalue weighted by Gasteiger charge is 2.70. The van der Waals surface area contributed by atoms with Crippen molar-refractivity contribution in [2.45, 2.75) is 242 Å². The van der Waals surface area contributed by atoms with Gasteiger partial charge in [0.05, 0.1) is 38.6 Å². The van der Waals surface area contributed by atoms with E-state index in [9.17, 15) is 71.5 Å². The molecule has 22 nitrogen and oxygen atoms in total. The van der Waals surface area contributed by atoms with E-state index in [0.29, 0.717) is 18.8 Å². The van der Waals surface area contributed by atoms with Crippen molar-refractivity contribution in [3.8, 4) is 0 Å². The molecule has 0 aromatic carbocycles. The van der Waals surface area contributed by atoms with Gasteiger partial charge in [0, 0.05) is 17.4 Å². The van der Waals surface area contributed by atoms with Crippen molar-refractivity contribution >= 4 is 0 Å². The number of hydrogen-bond donors (Lipinski definition) is 14. The Morgan fingerprint density at radius 3 is 1.61 bits per heavy atom. The molecule has 29 unspecified atom stereocenters. The van der Waals surface area contributed by atoms with E-state index in [2.05, 4.69) is 40.7 Å². The molecule has 0 amide bonds. The first-order valence-electron chi connectivity index (χ1n) is 27.8. The van der Waals surface area contributed by atoms with Crippen LogP contribution in [0.25, 0.3) is 0 Å². The summed E-state index contributed by atoms with van der Waals surface area (Å²) in [6.07, 6.45) is -23.6. The molecule has 438 valence electrons. The topological polar surface area (TPSA) is 357 Å². The maximum atomic E-state index is 12.0. The summed E-state index contributed by atoms with van der Waals surface area (Å²) in [5.74, 6) is 0.502. The minimum Gasteiger partial charge on any atom is -0.396 e. The normalized spacial score (nSPS) is 55.4. The Morgan fingerprint density at radius 2 is 1.04 bits per heavy atom. The first-order chi connectivity index (χ1) is 35.7. The largest absolute Gasteiger partial charge is 0.396 e. The Balaban J connectivity index is 0.992. The van der Waals surface area contributed by atoms with Crippen molar-refractivity contribution in [3.63, 3.8) is 0 Å². The van der Waals surface area contributed by atoms with Crippen LogP contribution >= 0.6 is 0 Å². The van der Waals surface area contributed by atoms with E-state index >= 15 is 0 Å². The van der Waals surface area contributed by atoms with Gasteiger partial charge in [-0.2, -0.15) is 0 Å². The summed E-state index contributed by atoms with van der Waals surface area (Å²) in [5, 5.41) is 152. The minimum absolute atomic E-state index is 0.0570. The third-order valence-electron chi connectivity index (χ3n) is 21.7. The van der Waals surface area contributed by atoms with Crippen LogP contribution in [0.15, 0.2) is 11.6 Å². The fourth-order valence-electron chi connectivity index (χ4n) is 16.6. The fourth-order valence-corrected chi connectivity index (χ4v) is 16.6. The molecule has 0 spiro atoms. The van der Waals surface area contributed by atoms with E-state index in [1.165, 1.54) is 12.5 Å². The lowest BCUT2D eigenvalue weighted by molar-refractivity contribution is -0.403. The molecule has 4 saturated heterocycles. The zero-order chi connectivity index (χ0) is 55.4. The third-order valence-corrected chi connectivity index (χ3v) is 21.7. The Bertz CT molecular complexity index is 2030. The summed E-state index contributed by atoms with van der Waals surface area (Å²) >= 11 is 0. The molecule has 8 fully saturated rings. The lowest BCUT2D eigenvalue weighted by Crippen LogP contribution is -2.68. The highest BCUT2D eigenvalue weighted by atomic mass is 16.8. The SMILES string of the molecule is CC1OC(OC2CCC3(C)C(CCC4(C)C3CC=C3C5CC(C)(C)CCC5(CO)CCC34C)C2(C)CO)C(OC2OC(CO)C(O)C(O)C2O)C(OC2OC(CO)C(OC3OC(CO)C(O)C(O)C3O)C(O)C2O)C1O. The Hall–Kier alpha value is -1.14. The smallest absolute Gasteiger partial charge is 0.187 e. The number of ether oxygens (including phenoxy) is 8. The van der Waals surface area contributed by atoms with Crippen molar-refractivity contribution in [2.24, 2.45) is 50.2 Å². The lowest BCUT2D eigenvalue weighted by atomic mass is 9.33. The molecule has 76 heavy (non-hydrogen) atoms. The monoisotopic (exact) mass is 1090 g/mol.